The SMILES string of the molecule is C[C@@H]1C(=O)N[C@H](c2ccn(C)n2)[C@H]1NC(=O)OCc1ccccc1. The van der Waals surface area contributed by atoms with Crippen LogP contribution in [0.3, 0.4) is 0 Å². The predicted molar refractivity (Wildman–Crippen MR) is 86.8 cm³/mol. The van der Waals surface area contributed by atoms with Crippen molar-refractivity contribution in [2.24, 2.45) is 13.0 Å². The van der Waals surface area contributed by atoms with Crippen LogP contribution in [-0.4, -0.2) is 27.8 Å². The van der Waals surface area contributed by atoms with Gasteiger partial charge >= 0.3 is 6.09 Å². The molecule has 1 aromatic carbocycles. The van der Waals surface area contributed by atoms with Crippen LogP contribution in [0.5, 0.6) is 0 Å². The quantitative estimate of drug-likeness (QED) is 0.891. The van der Waals surface area contributed by atoms with Gasteiger partial charge in [0.25, 0.3) is 0 Å². The van der Waals surface area contributed by atoms with E-state index in [2.05, 4.69) is 15.7 Å². The van der Waals surface area contributed by atoms with Crippen molar-refractivity contribution in [3.8, 4) is 0 Å². The second-order valence-electron chi connectivity index (χ2n) is 5.92. The van der Waals surface area contributed by atoms with Gasteiger partial charge in [-0.2, -0.15) is 5.10 Å². The Bertz CT molecular complexity index is 728. The van der Waals surface area contributed by atoms with E-state index >= 15 is 0 Å². The number of aromatic nitrogens is 2. The topological polar surface area (TPSA) is 85.3 Å². The molecule has 0 spiro atoms. The minimum absolute atomic E-state index is 0.112. The number of carbonyl (C=O) groups is 2. The van der Waals surface area contributed by atoms with Crippen LogP contribution in [-0.2, 0) is 23.2 Å². The third-order valence-electron chi connectivity index (χ3n) is 4.16. The summed E-state index contributed by atoms with van der Waals surface area (Å²) in [5, 5.41) is 9.99. The molecule has 1 saturated heterocycles. The Labute approximate surface area is 140 Å². The molecule has 3 atom stereocenters. The van der Waals surface area contributed by atoms with E-state index in [4.69, 9.17) is 4.74 Å². The number of hydrogen-bond acceptors (Lipinski definition) is 4. The zero-order chi connectivity index (χ0) is 17.1. The molecule has 126 valence electrons. The minimum atomic E-state index is -0.548. The molecule has 7 heteroatoms. The summed E-state index contributed by atoms with van der Waals surface area (Å²) in [4.78, 5) is 24.1. The largest absolute Gasteiger partial charge is 0.445 e. The average molecular weight is 328 g/mol. The molecule has 0 aliphatic carbocycles. The van der Waals surface area contributed by atoms with Crippen molar-refractivity contribution in [1.82, 2.24) is 20.4 Å². The first-order valence-corrected chi connectivity index (χ1v) is 7.82. The number of aryl methyl sites for hydroxylation is 1. The zero-order valence-corrected chi connectivity index (χ0v) is 13.6. The molecule has 1 aliphatic heterocycles. The van der Waals surface area contributed by atoms with Gasteiger partial charge in [-0.25, -0.2) is 4.79 Å². The fourth-order valence-electron chi connectivity index (χ4n) is 2.79. The summed E-state index contributed by atoms with van der Waals surface area (Å²) in [5.74, 6) is -0.472. The van der Waals surface area contributed by atoms with E-state index < -0.39 is 12.1 Å². The van der Waals surface area contributed by atoms with Crippen molar-refractivity contribution in [3.63, 3.8) is 0 Å². The summed E-state index contributed by atoms with van der Waals surface area (Å²) >= 11 is 0. The third-order valence-corrected chi connectivity index (χ3v) is 4.16. The highest BCUT2D eigenvalue weighted by Crippen LogP contribution is 2.27. The first-order valence-electron chi connectivity index (χ1n) is 7.82. The van der Waals surface area contributed by atoms with E-state index in [1.165, 1.54) is 0 Å². The minimum Gasteiger partial charge on any atom is -0.445 e. The number of benzene rings is 1. The van der Waals surface area contributed by atoms with Crippen LogP contribution in [0.4, 0.5) is 4.79 Å². The molecule has 0 unspecified atom stereocenters. The zero-order valence-electron chi connectivity index (χ0n) is 13.6. The Kier molecular flexibility index (Phi) is 4.50. The lowest BCUT2D eigenvalue weighted by Gasteiger charge is -2.20. The molecule has 0 radical (unpaired) electrons. The predicted octanol–water partition coefficient (Wildman–Crippen LogP) is 1.52. The molecule has 2 aromatic rings. The van der Waals surface area contributed by atoms with E-state index in [1.807, 2.05) is 36.4 Å². The Morgan fingerprint density at radius 2 is 2.08 bits per heavy atom. The van der Waals surface area contributed by atoms with Gasteiger partial charge < -0.3 is 15.4 Å². The van der Waals surface area contributed by atoms with Crippen LogP contribution in [0.25, 0.3) is 0 Å². The summed E-state index contributed by atoms with van der Waals surface area (Å²) in [5.41, 5.74) is 1.62. The van der Waals surface area contributed by atoms with Crippen LogP contribution >= 0.6 is 0 Å². The third kappa shape index (κ3) is 3.40. The number of nitrogens with zero attached hydrogens (tertiary/aromatic N) is 2. The average Bonchev–Trinajstić information content (AvgIpc) is 3.12. The first-order chi connectivity index (χ1) is 11.5. The Hall–Kier alpha value is -2.83. The molecule has 7 nitrogen and oxygen atoms in total. The summed E-state index contributed by atoms with van der Waals surface area (Å²) in [7, 11) is 1.81. The summed E-state index contributed by atoms with van der Waals surface area (Å²) in [6.45, 7) is 1.96. The van der Waals surface area contributed by atoms with Crippen LogP contribution in [0.15, 0.2) is 42.6 Å². The maximum Gasteiger partial charge on any atom is 0.407 e. The lowest BCUT2D eigenvalue weighted by molar-refractivity contribution is -0.122. The maximum absolute atomic E-state index is 12.1. The van der Waals surface area contributed by atoms with Gasteiger partial charge in [0, 0.05) is 13.2 Å². The van der Waals surface area contributed by atoms with Crippen molar-refractivity contribution < 1.29 is 14.3 Å². The van der Waals surface area contributed by atoms with Gasteiger partial charge in [-0.05, 0) is 11.6 Å². The molecular formula is C17H20N4O3. The van der Waals surface area contributed by atoms with Crippen molar-refractivity contribution in [2.75, 3.05) is 0 Å². The van der Waals surface area contributed by atoms with Gasteiger partial charge in [0.2, 0.25) is 5.91 Å². The monoisotopic (exact) mass is 328 g/mol. The van der Waals surface area contributed by atoms with Crippen LogP contribution in [0, 0.1) is 5.92 Å². The van der Waals surface area contributed by atoms with Gasteiger partial charge in [0.05, 0.1) is 23.7 Å². The molecule has 0 bridgehead atoms. The Morgan fingerprint density at radius 1 is 1.33 bits per heavy atom. The van der Waals surface area contributed by atoms with Crippen molar-refractivity contribution in [2.45, 2.75) is 25.6 Å². The number of rotatable bonds is 4. The smallest absolute Gasteiger partial charge is 0.407 e. The number of carbonyl (C=O) groups excluding carboxylic acids is 2. The van der Waals surface area contributed by atoms with Crippen LogP contribution in [0.2, 0.25) is 0 Å². The normalized spacial score (nSPS) is 22.9. The number of hydrogen-bond donors (Lipinski definition) is 2. The summed E-state index contributed by atoms with van der Waals surface area (Å²) in [6.07, 6.45) is 1.25. The lowest BCUT2D eigenvalue weighted by atomic mass is 9.98. The van der Waals surface area contributed by atoms with Crippen molar-refractivity contribution in [1.29, 1.82) is 0 Å². The molecule has 1 fully saturated rings. The van der Waals surface area contributed by atoms with E-state index in [1.54, 1.807) is 24.9 Å². The highest BCUT2D eigenvalue weighted by Gasteiger charge is 2.42. The van der Waals surface area contributed by atoms with E-state index in [9.17, 15) is 9.59 Å². The second kappa shape index (κ2) is 6.74. The van der Waals surface area contributed by atoms with Crippen molar-refractivity contribution >= 4 is 12.0 Å². The number of ether oxygens (including phenoxy) is 1. The molecule has 3 rings (SSSR count). The van der Waals surface area contributed by atoms with Crippen molar-refractivity contribution in [3.05, 3.63) is 53.9 Å². The van der Waals surface area contributed by atoms with E-state index in [-0.39, 0.29) is 24.5 Å². The fraction of sp³-hybridized carbons (Fsp3) is 0.353. The van der Waals surface area contributed by atoms with Crippen LogP contribution in [0.1, 0.15) is 24.2 Å². The molecular weight excluding hydrogens is 308 g/mol. The molecule has 24 heavy (non-hydrogen) atoms. The molecule has 2 heterocycles. The van der Waals surface area contributed by atoms with E-state index in [0.29, 0.717) is 5.69 Å². The van der Waals surface area contributed by atoms with Crippen LogP contribution < -0.4 is 10.6 Å². The highest BCUT2D eigenvalue weighted by molar-refractivity contribution is 5.83. The number of amides is 2. The Balaban J connectivity index is 1.64. The lowest BCUT2D eigenvalue weighted by Crippen LogP contribution is -2.41. The Morgan fingerprint density at radius 3 is 2.75 bits per heavy atom. The van der Waals surface area contributed by atoms with E-state index in [0.717, 1.165) is 5.56 Å². The first kappa shape index (κ1) is 16.0. The summed E-state index contributed by atoms with van der Waals surface area (Å²) in [6, 6.07) is 10.5. The van der Waals surface area contributed by atoms with Gasteiger partial charge in [-0.15, -0.1) is 0 Å². The van der Waals surface area contributed by atoms with Gasteiger partial charge in [-0.3, -0.25) is 9.48 Å². The fourth-order valence-corrected chi connectivity index (χ4v) is 2.79. The highest BCUT2D eigenvalue weighted by atomic mass is 16.5. The number of nitrogens with one attached hydrogen (secondary N) is 2. The van der Waals surface area contributed by atoms with Gasteiger partial charge in [0.1, 0.15) is 6.61 Å². The molecule has 1 aliphatic rings. The standard InChI is InChI=1S/C17H20N4O3/c1-11-14(15(18-16(11)22)13-8-9-21(2)20-13)19-17(23)24-10-12-6-4-3-5-7-12/h3-9,11,14-15H,10H2,1-2H3,(H,18,22)(H,19,23)/t11-,14-,15+/m0/s1. The summed E-state index contributed by atoms with van der Waals surface area (Å²) < 4.78 is 6.91. The number of alkyl carbamates (subject to hydrolysis) is 1. The molecule has 1 aromatic heterocycles. The van der Waals surface area contributed by atoms with Gasteiger partial charge in [-0.1, -0.05) is 37.3 Å². The maximum atomic E-state index is 12.1. The molecule has 2 N–H and O–H groups in total. The molecule has 2 amide bonds. The molecule has 0 saturated carbocycles. The van der Waals surface area contributed by atoms with Gasteiger partial charge in [0.15, 0.2) is 0 Å². The second-order valence-corrected chi connectivity index (χ2v) is 5.92.